The number of aryl methyl sites for hydroxylation is 6. The predicted octanol–water partition coefficient (Wildman–Crippen LogP) is 18.1. The minimum atomic E-state index is 0.496. The van der Waals surface area contributed by atoms with Gasteiger partial charge < -0.3 is 4.90 Å². The standard InChI is InChI=1S/C67H55N5/c1-44-37-46(3)63(47(4)38-44)72(64-48(5)39-45(2)40-49(64)6)58-35-33-57(34-36-58)71(62-32-19-18-31-59(62)51-23-12-8-13-24-51)67-69-65(56-30-20-29-53(41-56)50-21-10-7-11-22-50)68-66(70-67)61-43-55-28-17-16-27-54(55)42-60(61)52-25-14-9-15-26-52/h7-43H,1-6H3. The number of rotatable bonds is 11. The minimum Gasteiger partial charge on any atom is -0.309 e. The van der Waals surface area contributed by atoms with E-state index >= 15 is 0 Å². The Labute approximate surface area is 423 Å². The van der Waals surface area contributed by atoms with Crippen LogP contribution in [-0.2, 0) is 0 Å². The molecule has 0 saturated carbocycles. The van der Waals surface area contributed by atoms with Crippen LogP contribution >= 0.6 is 0 Å². The van der Waals surface area contributed by atoms with Crippen LogP contribution in [0.3, 0.4) is 0 Å². The summed E-state index contributed by atoms with van der Waals surface area (Å²) in [6, 6.07) is 79.7. The van der Waals surface area contributed by atoms with Crippen molar-refractivity contribution in [2.45, 2.75) is 41.5 Å². The first-order valence-corrected chi connectivity index (χ1v) is 24.7. The fourth-order valence-corrected chi connectivity index (χ4v) is 10.5. The average Bonchev–Trinajstić information content (AvgIpc) is 3.41. The van der Waals surface area contributed by atoms with Crippen molar-refractivity contribution >= 4 is 45.2 Å². The van der Waals surface area contributed by atoms with Gasteiger partial charge in [-0.05, 0) is 151 Å². The maximum absolute atomic E-state index is 5.60. The summed E-state index contributed by atoms with van der Waals surface area (Å²) in [6.07, 6.45) is 0. The Morgan fingerprint density at radius 3 is 1.29 bits per heavy atom. The molecule has 0 aliphatic rings. The SMILES string of the molecule is Cc1cc(C)c(N(c2ccc(N(c3nc(-c4cccc(-c5ccccc5)c4)nc(-c4cc5ccccc5cc4-c4ccccc4)n3)c3ccccc3-c3ccccc3)cc2)c2c(C)cc(C)cc2C)c(C)c1. The van der Waals surface area contributed by atoms with Gasteiger partial charge in [0.15, 0.2) is 11.6 Å². The molecule has 0 saturated heterocycles. The maximum atomic E-state index is 5.60. The summed E-state index contributed by atoms with van der Waals surface area (Å²) in [7, 11) is 0. The molecule has 1 heterocycles. The molecule has 0 bridgehead atoms. The minimum absolute atomic E-state index is 0.496. The van der Waals surface area contributed by atoms with Crippen LogP contribution in [0.5, 0.6) is 0 Å². The van der Waals surface area contributed by atoms with E-state index < -0.39 is 0 Å². The molecule has 0 N–H and O–H groups in total. The Morgan fingerprint density at radius 2 is 0.722 bits per heavy atom. The molecule has 11 rings (SSSR count). The molecule has 0 fully saturated rings. The van der Waals surface area contributed by atoms with E-state index in [-0.39, 0.29) is 0 Å². The summed E-state index contributed by atoms with van der Waals surface area (Å²) in [5, 5.41) is 2.25. The van der Waals surface area contributed by atoms with Crippen molar-refractivity contribution in [2.24, 2.45) is 0 Å². The molecule has 0 spiro atoms. The quantitative estimate of drug-likeness (QED) is 0.129. The van der Waals surface area contributed by atoms with Crippen molar-refractivity contribution < 1.29 is 0 Å². The lowest BCUT2D eigenvalue weighted by molar-refractivity contribution is 1.02. The summed E-state index contributed by atoms with van der Waals surface area (Å²) in [4.78, 5) is 21.2. The van der Waals surface area contributed by atoms with Crippen molar-refractivity contribution in [3.8, 4) is 56.2 Å². The van der Waals surface area contributed by atoms with E-state index in [0.717, 1.165) is 72.3 Å². The van der Waals surface area contributed by atoms with E-state index in [2.05, 4.69) is 270 Å². The number of nitrogens with zero attached hydrogens (tertiary/aromatic N) is 5. The van der Waals surface area contributed by atoms with Crippen molar-refractivity contribution in [3.63, 3.8) is 0 Å². The Bertz CT molecular complexity index is 3650. The highest BCUT2D eigenvalue weighted by molar-refractivity contribution is 5.96. The van der Waals surface area contributed by atoms with Gasteiger partial charge in [0, 0.05) is 28.1 Å². The number of anilines is 6. The molecule has 0 aliphatic heterocycles. The van der Waals surface area contributed by atoms with Gasteiger partial charge in [-0.15, -0.1) is 0 Å². The van der Waals surface area contributed by atoms with E-state index in [9.17, 15) is 0 Å². The summed E-state index contributed by atoms with van der Waals surface area (Å²) < 4.78 is 0. The lowest BCUT2D eigenvalue weighted by Gasteiger charge is -2.32. The van der Waals surface area contributed by atoms with Crippen molar-refractivity contribution in [3.05, 3.63) is 258 Å². The molecule has 0 aliphatic carbocycles. The Morgan fingerprint density at radius 1 is 0.292 bits per heavy atom. The number of para-hydroxylation sites is 1. The third-order valence-electron chi connectivity index (χ3n) is 13.6. The zero-order chi connectivity index (χ0) is 49.3. The first-order valence-electron chi connectivity index (χ1n) is 24.7. The second-order valence-corrected chi connectivity index (χ2v) is 18.9. The lowest BCUT2D eigenvalue weighted by Crippen LogP contribution is -2.18. The van der Waals surface area contributed by atoms with Crippen LogP contribution in [0.2, 0.25) is 0 Å². The Kier molecular flexibility index (Phi) is 12.3. The molecule has 0 unspecified atom stereocenters. The van der Waals surface area contributed by atoms with Crippen molar-refractivity contribution in [2.75, 3.05) is 9.80 Å². The van der Waals surface area contributed by atoms with Crippen molar-refractivity contribution in [1.29, 1.82) is 0 Å². The smallest absolute Gasteiger partial charge is 0.238 e. The molecule has 348 valence electrons. The molecule has 72 heavy (non-hydrogen) atoms. The number of hydrogen-bond donors (Lipinski definition) is 0. The average molecular weight is 930 g/mol. The van der Waals surface area contributed by atoms with Gasteiger partial charge in [-0.25, -0.2) is 4.98 Å². The molecule has 5 nitrogen and oxygen atoms in total. The Balaban J connectivity index is 1.17. The van der Waals surface area contributed by atoms with E-state index in [0.29, 0.717) is 17.6 Å². The number of hydrogen-bond acceptors (Lipinski definition) is 5. The van der Waals surface area contributed by atoms with Crippen LogP contribution < -0.4 is 9.80 Å². The monoisotopic (exact) mass is 929 g/mol. The van der Waals surface area contributed by atoms with Crippen LogP contribution in [-0.4, -0.2) is 15.0 Å². The molecule has 11 aromatic rings. The highest BCUT2D eigenvalue weighted by atomic mass is 15.3. The molecule has 10 aromatic carbocycles. The lowest BCUT2D eigenvalue weighted by atomic mass is 9.95. The fraction of sp³-hybridized carbons (Fsp3) is 0.0896. The van der Waals surface area contributed by atoms with Gasteiger partial charge >= 0.3 is 0 Å². The van der Waals surface area contributed by atoms with Crippen molar-refractivity contribution in [1.82, 2.24) is 15.0 Å². The van der Waals surface area contributed by atoms with Gasteiger partial charge in [-0.2, -0.15) is 9.97 Å². The van der Waals surface area contributed by atoms with Gasteiger partial charge in [0.1, 0.15) is 0 Å². The summed E-state index contributed by atoms with van der Waals surface area (Å²) in [5.74, 6) is 1.64. The fourth-order valence-electron chi connectivity index (χ4n) is 10.5. The van der Waals surface area contributed by atoms with Crippen LogP contribution in [0, 0.1) is 41.5 Å². The highest BCUT2D eigenvalue weighted by Crippen LogP contribution is 2.46. The summed E-state index contributed by atoms with van der Waals surface area (Å²) in [6.45, 7) is 13.2. The number of fused-ring (bicyclic) bond motifs is 1. The topological polar surface area (TPSA) is 45.2 Å². The molecular formula is C67H55N5. The van der Waals surface area contributed by atoms with E-state index in [1.54, 1.807) is 0 Å². The Hall–Kier alpha value is -8.93. The summed E-state index contributed by atoms with van der Waals surface area (Å²) >= 11 is 0. The number of aromatic nitrogens is 3. The zero-order valence-corrected chi connectivity index (χ0v) is 41.6. The van der Waals surface area contributed by atoms with Gasteiger partial charge in [-0.1, -0.05) is 187 Å². The van der Waals surface area contributed by atoms with Crippen LogP contribution in [0.15, 0.2) is 224 Å². The largest absolute Gasteiger partial charge is 0.309 e. The molecule has 0 atom stereocenters. The third kappa shape index (κ3) is 8.93. The van der Waals surface area contributed by atoms with E-state index in [1.165, 1.54) is 44.8 Å². The number of benzene rings is 10. The van der Waals surface area contributed by atoms with E-state index in [1.807, 2.05) is 6.07 Å². The molecule has 1 aromatic heterocycles. The molecule has 0 radical (unpaired) electrons. The van der Waals surface area contributed by atoms with Gasteiger partial charge in [-0.3, -0.25) is 4.90 Å². The van der Waals surface area contributed by atoms with Gasteiger partial charge in [0.05, 0.1) is 17.1 Å². The predicted molar refractivity (Wildman–Crippen MR) is 302 cm³/mol. The second kappa shape index (κ2) is 19.5. The third-order valence-corrected chi connectivity index (χ3v) is 13.6. The molecular weight excluding hydrogens is 875 g/mol. The normalized spacial score (nSPS) is 11.2. The first-order chi connectivity index (χ1) is 35.2. The maximum Gasteiger partial charge on any atom is 0.238 e. The van der Waals surface area contributed by atoms with Gasteiger partial charge in [0.2, 0.25) is 5.95 Å². The second-order valence-electron chi connectivity index (χ2n) is 18.9. The first kappa shape index (κ1) is 45.5. The zero-order valence-electron chi connectivity index (χ0n) is 41.6. The van der Waals surface area contributed by atoms with Gasteiger partial charge in [0.25, 0.3) is 0 Å². The summed E-state index contributed by atoms with van der Waals surface area (Å²) in [5.41, 5.74) is 20.9. The highest BCUT2D eigenvalue weighted by Gasteiger charge is 2.26. The van der Waals surface area contributed by atoms with E-state index in [4.69, 9.17) is 15.0 Å². The van der Waals surface area contributed by atoms with Crippen LogP contribution in [0.1, 0.15) is 33.4 Å². The van der Waals surface area contributed by atoms with Crippen LogP contribution in [0.25, 0.3) is 66.9 Å². The molecule has 5 heteroatoms. The van der Waals surface area contributed by atoms with Crippen LogP contribution in [0.4, 0.5) is 34.4 Å². The molecule has 0 amide bonds.